The molecule has 3 rings (SSSR count). The fourth-order valence-electron chi connectivity index (χ4n) is 3.38. The van der Waals surface area contributed by atoms with Crippen LogP contribution in [0.25, 0.3) is 11.3 Å². The molecule has 3 aromatic rings. The molecule has 0 radical (unpaired) electrons. The van der Waals surface area contributed by atoms with Gasteiger partial charge in [0.25, 0.3) is 0 Å². The number of benzene rings is 1. The minimum atomic E-state index is -0.741. The van der Waals surface area contributed by atoms with Gasteiger partial charge in [0.15, 0.2) is 0 Å². The number of hydrogen-bond donors (Lipinski definition) is 1. The molecule has 6 nitrogen and oxygen atoms in total. The maximum Gasteiger partial charge on any atom is 0.323 e. The third-order valence-electron chi connectivity index (χ3n) is 4.98. The summed E-state index contributed by atoms with van der Waals surface area (Å²) < 4.78 is 16.4. The molecule has 2 heterocycles. The van der Waals surface area contributed by atoms with E-state index in [0.29, 0.717) is 12.2 Å². The summed E-state index contributed by atoms with van der Waals surface area (Å²) in [5.74, 6) is 0.753. The molecular formula is C25H29NO5S. The highest BCUT2D eigenvalue weighted by Gasteiger charge is 2.30. The second kappa shape index (κ2) is 11.6. The molecule has 0 aliphatic carbocycles. The summed E-state index contributed by atoms with van der Waals surface area (Å²) >= 11 is 1.59. The topological polar surface area (TPSA) is 77.8 Å². The predicted molar refractivity (Wildman–Crippen MR) is 124 cm³/mol. The highest BCUT2D eigenvalue weighted by Crippen LogP contribution is 2.25. The van der Waals surface area contributed by atoms with Crippen LogP contribution in [-0.4, -0.2) is 31.1 Å². The molecule has 0 unspecified atom stereocenters. The van der Waals surface area contributed by atoms with Crippen molar-refractivity contribution < 1.29 is 23.5 Å². The normalized spacial score (nSPS) is 13.0. The lowest BCUT2D eigenvalue weighted by molar-refractivity contribution is -0.149. The number of thiophene rings is 1. The largest absolute Gasteiger partial charge is 0.468 e. The predicted octanol–water partition coefficient (Wildman–Crippen LogP) is 4.84. The molecule has 0 amide bonds. The lowest BCUT2D eigenvalue weighted by Crippen LogP contribution is -2.49. The Kier molecular flexibility index (Phi) is 8.64. The van der Waals surface area contributed by atoms with Crippen molar-refractivity contribution in [3.05, 3.63) is 70.6 Å². The fourth-order valence-corrected chi connectivity index (χ4v) is 4.02. The Morgan fingerprint density at radius 2 is 1.81 bits per heavy atom. The number of nitrogens with one attached hydrogen (secondary N) is 1. The van der Waals surface area contributed by atoms with E-state index in [1.165, 1.54) is 7.11 Å². The molecule has 0 saturated heterocycles. The summed E-state index contributed by atoms with van der Waals surface area (Å²) in [4.78, 5) is 25.3. The zero-order chi connectivity index (χ0) is 22.9. The van der Waals surface area contributed by atoms with E-state index in [-0.39, 0.29) is 18.9 Å². The SMILES string of the molecule is COC(=O)[C@H](Cc1ccc(-c2ccsc2)o1)N[C@@H](CC(C)C)C(=O)OCc1ccccc1. The van der Waals surface area contributed by atoms with Crippen molar-refractivity contribution in [2.75, 3.05) is 7.11 Å². The van der Waals surface area contributed by atoms with Crippen LogP contribution in [0.2, 0.25) is 0 Å². The smallest absolute Gasteiger partial charge is 0.323 e. The van der Waals surface area contributed by atoms with E-state index in [1.807, 2.05) is 73.1 Å². The summed E-state index contributed by atoms with van der Waals surface area (Å²) in [7, 11) is 1.33. The zero-order valence-electron chi connectivity index (χ0n) is 18.6. The van der Waals surface area contributed by atoms with Crippen LogP contribution in [0.15, 0.2) is 63.7 Å². The van der Waals surface area contributed by atoms with Crippen LogP contribution in [0, 0.1) is 5.92 Å². The van der Waals surface area contributed by atoms with Crippen LogP contribution < -0.4 is 5.32 Å². The first-order valence-corrected chi connectivity index (χ1v) is 11.6. The van der Waals surface area contributed by atoms with Crippen molar-refractivity contribution in [1.82, 2.24) is 5.32 Å². The summed E-state index contributed by atoms with van der Waals surface area (Å²) in [6, 6.07) is 13.8. The minimum Gasteiger partial charge on any atom is -0.468 e. The number of methoxy groups -OCH3 is 1. The van der Waals surface area contributed by atoms with Gasteiger partial charge in [0, 0.05) is 17.4 Å². The van der Waals surface area contributed by atoms with Crippen molar-refractivity contribution in [3.8, 4) is 11.3 Å². The van der Waals surface area contributed by atoms with Crippen molar-refractivity contribution in [2.24, 2.45) is 5.92 Å². The first kappa shape index (κ1) is 23.8. The Morgan fingerprint density at radius 3 is 2.47 bits per heavy atom. The number of esters is 2. The maximum absolute atomic E-state index is 12.9. The Morgan fingerprint density at radius 1 is 1.03 bits per heavy atom. The molecule has 0 spiro atoms. The highest BCUT2D eigenvalue weighted by molar-refractivity contribution is 7.08. The monoisotopic (exact) mass is 455 g/mol. The van der Waals surface area contributed by atoms with E-state index in [4.69, 9.17) is 13.9 Å². The van der Waals surface area contributed by atoms with Gasteiger partial charge in [0.1, 0.15) is 30.2 Å². The van der Waals surface area contributed by atoms with Gasteiger partial charge in [0.05, 0.1) is 7.11 Å². The van der Waals surface area contributed by atoms with Crippen LogP contribution >= 0.6 is 11.3 Å². The molecule has 1 N–H and O–H groups in total. The summed E-state index contributed by atoms with van der Waals surface area (Å²) in [5, 5.41) is 7.14. The van der Waals surface area contributed by atoms with Gasteiger partial charge in [0.2, 0.25) is 0 Å². The Bertz CT molecular complexity index is 981. The number of carbonyl (C=O) groups excluding carboxylic acids is 2. The number of furan rings is 1. The zero-order valence-corrected chi connectivity index (χ0v) is 19.4. The Labute approximate surface area is 192 Å². The molecule has 0 fully saturated rings. The molecule has 32 heavy (non-hydrogen) atoms. The van der Waals surface area contributed by atoms with Crippen LogP contribution in [-0.2, 0) is 32.1 Å². The van der Waals surface area contributed by atoms with Crippen molar-refractivity contribution in [3.63, 3.8) is 0 Å². The molecular weight excluding hydrogens is 426 g/mol. The van der Waals surface area contributed by atoms with Crippen molar-refractivity contribution in [1.29, 1.82) is 0 Å². The second-order valence-corrected chi connectivity index (χ2v) is 8.78. The van der Waals surface area contributed by atoms with E-state index in [9.17, 15) is 9.59 Å². The molecule has 170 valence electrons. The number of hydrogen-bond acceptors (Lipinski definition) is 7. The number of rotatable bonds is 11. The standard InChI is InChI=1S/C25H29NO5S/c1-17(2)13-21(25(28)30-15-18-7-5-4-6-8-18)26-22(24(27)29-3)14-20-9-10-23(31-20)19-11-12-32-16-19/h4-12,16-17,21-22,26H,13-15H2,1-3H3/t21-,22-/m0/s1. The average Bonchev–Trinajstić information content (AvgIpc) is 3.48. The van der Waals surface area contributed by atoms with E-state index in [1.54, 1.807) is 11.3 Å². The van der Waals surface area contributed by atoms with Crippen LogP contribution in [0.3, 0.4) is 0 Å². The molecule has 2 atom stereocenters. The first-order chi connectivity index (χ1) is 15.5. The van der Waals surface area contributed by atoms with Gasteiger partial charge < -0.3 is 13.9 Å². The molecule has 0 saturated carbocycles. The lowest BCUT2D eigenvalue weighted by Gasteiger charge is -2.24. The van der Waals surface area contributed by atoms with Gasteiger partial charge in [-0.2, -0.15) is 11.3 Å². The summed E-state index contributed by atoms with van der Waals surface area (Å²) in [6.45, 7) is 4.22. The van der Waals surface area contributed by atoms with Gasteiger partial charge in [-0.3, -0.25) is 14.9 Å². The van der Waals surface area contributed by atoms with Gasteiger partial charge >= 0.3 is 11.9 Å². The molecule has 1 aromatic carbocycles. The summed E-state index contributed by atoms with van der Waals surface area (Å²) in [5.41, 5.74) is 1.90. The molecule has 7 heteroatoms. The van der Waals surface area contributed by atoms with Crippen molar-refractivity contribution >= 4 is 23.3 Å². The van der Waals surface area contributed by atoms with Crippen LogP contribution in [0.5, 0.6) is 0 Å². The van der Waals surface area contributed by atoms with Crippen molar-refractivity contribution in [2.45, 2.75) is 45.4 Å². The Hall–Kier alpha value is -2.90. The van der Waals surface area contributed by atoms with Gasteiger partial charge in [-0.25, -0.2) is 0 Å². The first-order valence-electron chi connectivity index (χ1n) is 10.6. The third kappa shape index (κ3) is 6.80. The fraction of sp³-hybridized carbons (Fsp3) is 0.360. The van der Waals surface area contributed by atoms with E-state index < -0.39 is 24.0 Å². The molecule has 0 aliphatic rings. The van der Waals surface area contributed by atoms with E-state index in [2.05, 4.69) is 5.32 Å². The summed E-state index contributed by atoms with van der Waals surface area (Å²) in [6.07, 6.45) is 0.788. The van der Waals surface area contributed by atoms with Gasteiger partial charge in [-0.15, -0.1) is 0 Å². The minimum absolute atomic E-state index is 0.182. The molecule has 0 aliphatic heterocycles. The maximum atomic E-state index is 12.9. The Balaban J connectivity index is 1.69. The third-order valence-corrected chi connectivity index (χ3v) is 5.66. The number of carbonyl (C=O) groups is 2. The number of ether oxygens (including phenoxy) is 2. The average molecular weight is 456 g/mol. The van der Waals surface area contributed by atoms with E-state index >= 15 is 0 Å². The molecule has 0 bridgehead atoms. The quantitative estimate of drug-likeness (QED) is 0.417. The molecule has 2 aromatic heterocycles. The van der Waals surface area contributed by atoms with Gasteiger partial charge in [-0.1, -0.05) is 44.2 Å². The van der Waals surface area contributed by atoms with Gasteiger partial charge in [-0.05, 0) is 41.5 Å². The van der Waals surface area contributed by atoms with E-state index in [0.717, 1.165) is 16.9 Å². The second-order valence-electron chi connectivity index (χ2n) is 8.00. The highest BCUT2D eigenvalue weighted by atomic mass is 32.1. The van der Waals surface area contributed by atoms with Crippen LogP contribution in [0.4, 0.5) is 0 Å². The lowest BCUT2D eigenvalue weighted by atomic mass is 10.0. The van der Waals surface area contributed by atoms with Crippen LogP contribution in [0.1, 0.15) is 31.6 Å².